The second-order valence-corrected chi connectivity index (χ2v) is 6.33. The largest absolute Gasteiger partial charge is 0.339 e. The van der Waals surface area contributed by atoms with E-state index in [1.165, 1.54) is 9.75 Å². The number of nitrogens with zero attached hydrogens (tertiary/aromatic N) is 1. The molecule has 2 rings (SSSR count). The molecule has 0 saturated carbocycles. The molecule has 0 aliphatic carbocycles. The fourth-order valence-corrected chi connectivity index (χ4v) is 3.25. The molecule has 18 heavy (non-hydrogen) atoms. The first-order valence-electron chi connectivity index (χ1n) is 6.13. The van der Waals surface area contributed by atoms with Gasteiger partial charge in [0, 0.05) is 34.9 Å². The van der Waals surface area contributed by atoms with E-state index in [0.717, 1.165) is 13.1 Å². The Morgan fingerprint density at radius 2 is 2.00 bits per heavy atom. The number of carbonyl (C=O) groups is 1. The molecule has 3 nitrogen and oxygen atoms in total. The van der Waals surface area contributed by atoms with Gasteiger partial charge in [-0.1, -0.05) is 0 Å². The van der Waals surface area contributed by atoms with Gasteiger partial charge in [0.05, 0.1) is 6.42 Å². The number of aryl methyl sites for hydroxylation is 1. The van der Waals surface area contributed by atoms with Crippen LogP contribution in [0.4, 0.5) is 0 Å². The second kappa shape index (κ2) is 6.55. The zero-order valence-corrected chi connectivity index (χ0v) is 12.7. The average Bonchev–Trinajstić information content (AvgIpc) is 2.62. The van der Waals surface area contributed by atoms with Gasteiger partial charge in [0.25, 0.3) is 0 Å². The minimum Gasteiger partial charge on any atom is -0.339 e. The molecule has 1 amide bonds. The highest BCUT2D eigenvalue weighted by Gasteiger charge is 2.24. The molecule has 1 saturated heterocycles. The number of hydrogen-bond acceptors (Lipinski definition) is 3. The first-order chi connectivity index (χ1) is 8.04. The lowest BCUT2D eigenvalue weighted by molar-refractivity contribution is -0.132. The average molecular weight is 289 g/mol. The van der Waals surface area contributed by atoms with Gasteiger partial charge in [0.15, 0.2) is 0 Å². The monoisotopic (exact) mass is 288 g/mol. The van der Waals surface area contributed by atoms with Gasteiger partial charge < -0.3 is 10.2 Å². The number of rotatable bonds is 2. The Bertz CT molecular complexity index is 397. The minimum absolute atomic E-state index is 0. The molecular formula is C13H21ClN2OS. The molecule has 2 heterocycles. The summed E-state index contributed by atoms with van der Waals surface area (Å²) in [4.78, 5) is 16.6. The number of amides is 1. The van der Waals surface area contributed by atoms with Crippen LogP contribution in [0.15, 0.2) is 12.1 Å². The maximum atomic E-state index is 12.2. The maximum absolute atomic E-state index is 12.2. The lowest BCUT2D eigenvalue weighted by Gasteiger charge is -2.36. The number of piperazine rings is 1. The highest BCUT2D eigenvalue weighted by molar-refractivity contribution is 7.12. The van der Waals surface area contributed by atoms with Crippen molar-refractivity contribution in [2.45, 2.75) is 39.3 Å². The van der Waals surface area contributed by atoms with Crippen LogP contribution in [0, 0.1) is 6.92 Å². The summed E-state index contributed by atoms with van der Waals surface area (Å²) >= 11 is 1.72. The zero-order chi connectivity index (χ0) is 12.4. The Hall–Kier alpha value is -0.580. The Kier molecular flexibility index (Phi) is 5.63. The van der Waals surface area contributed by atoms with Crippen molar-refractivity contribution in [3.05, 3.63) is 21.9 Å². The van der Waals surface area contributed by atoms with Crippen LogP contribution < -0.4 is 5.32 Å². The van der Waals surface area contributed by atoms with Crippen LogP contribution in [0.1, 0.15) is 23.6 Å². The van der Waals surface area contributed by atoms with Gasteiger partial charge >= 0.3 is 0 Å². The highest BCUT2D eigenvalue weighted by atomic mass is 35.5. The van der Waals surface area contributed by atoms with E-state index < -0.39 is 0 Å². The van der Waals surface area contributed by atoms with Gasteiger partial charge in [0.1, 0.15) is 0 Å². The summed E-state index contributed by atoms with van der Waals surface area (Å²) < 4.78 is 0. The quantitative estimate of drug-likeness (QED) is 0.905. The highest BCUT2D eigenvalue weighted by Crippen LogP contribution is 2.17. The number of carbonyl (C=O) groups excluding carboxylic acids is 1. The number of nitrogens with one attached hydrogen (secondary N) is 1. The Balaban J connectivity index is 0.00000162. The van der Waals surface area contributed by atoms with E-state index in [4.69, 9.17) is 0 Å². The van der Waals surface area contributed by atoms with Crippen LogP contribution in [0.3, 0.4) is 0 Å². The van der Waals surface area contributed by atoms with Crippen molar-refractivity contribution < 1.29 is 4.79 Å². The van der Waals surface area contributed by atoms with E-state index >= 15 is 0 Å². The number of halogens is 1. The molecule has 1 aromatic rings. The van der Waals surface area contributed by atoms with E-state index in [-0.39, 0.29) is 18.3 Å². The van der Waals surface area contributed by atoms with Crippen molar-refractivity contribution in [3.8, 4) is 0 Å². The van der Waals surface area contributed by atoms with Crippen LogP contribution in [0.25, 0.3) is 0 Å². The first kappa shape index (κ1) is 15.5. The summed E-state index contributed by atoms with van der Waals surface area (Å²) in [7, 11) is 0. The predicted molar refractivity (Wildman–Crippen MR) is 78.6 cm³/mol. The number of hydrogen-bond donors (Lipinski definition) is 1. The minimum atomic E-state index is 0. The van der Waals surface area contributed by atoms with Crippen molar-refractivity contribution in [2.24, 2.45) is 0 Å². The normalized spacial score (nSPS) is 23.6. The van der Waals surface area contributed by atoms with Crippen LogP contribution in [0.2, 0.25) is 0 Å². The summed E-state index contributed by atoms with van der Waals surface area (Å²) in [5, 5.41) is 3.44. The molecule has 1 fully saturated rings. The van der Waals surface area contributed by atoms with Crippen molar-refractivity contribution in [3.63, 3.8) is 0 Å². The Morgan fingerprint density at radius 1 is 1.39 bits per heavy atom. The molecule has 1 aromatic heterocycles. The van der Waals surface area contributed by atoms with Crippen molar-refractivity contribution in [1.82, 2.24) is 10.2 Å². The topological polar surface area (TPSA) is 32.3 Å². The molecule has 2 unspecified atom stereocenters. The summed E-state index contributed by atoms with van der Waals surface area (Å²) in [6.45, 7) is 7.99. The Morgan fingerprint density at radius 3 is 2.50 bits per heavy atom. The third-order valence-electron chi connectivity index (χ3n) is 3.03. The van der Waals surface area contributed by atoms with Crippen LogP contribution in [-0.4, -0.2) is 36.0 Å². The SMILES string of the molecule is Cc1ccc(CC(=O)N2CC(C)NC(C)C2)s1.Cl. The molecule has 102 valence electrons. The van der Waals surface area contributed by atoms with E-state index in [2.05, 4.69) is 38.2 Å². The van der Waals surface area contributed by atoms with Gasteiger partial charge in [-0.3, -0.25) is 4.79 Å². The molecule has 0 bridgehead atoms. The third kappa shape index (κ3) is 3.97. The molecule has 1 aliphatic rings. The smallest absolute Gasteiger partial charge is 0.227 e. The van der Waals surface area contributed by atoms with Crippen LogP contribution in [0.5, 0.6) is 0 Å². The standard InChI is InChI=1S/C13H20N2OS.ClH/c1-9-7-15(8-10(2)14-9)13(16)6-12-5-4-11(3)17-12;/h4-5,9-10,14H,6-8H2,1-3H3;1H. The Labute approximate surface area is 119 Å². The van der Waals surface area contributed by atoms with Gasteiger partial charge in [0.2, 0.25) is 5.91 Å². The van der Waals surface area contributed by atoms with Gasteiger partial charge in [-0.05, 0) is 32.9 Å². The summed E-state index contributed by atoms with van der Waals surface area (Å²) in [6.07, 6.45) is 0.554. The van der Waals surface area contributed by atoms with Gasteiger partial charge in [-0.25, -0.2) is 0 Å². The van der Waals surface area contributed by atoms with Gasteiger partial charge in [-0.15, -0.1) is 23.7 Å². The van der Waals surface area contributed by atoms with Crippen LogP contribution >= 0.6 is 23.7 Å². The molecule has 0 radical (unpaired) electrons. The van der Waals surface area contributed by atoms with E-state index in [0.29, 0.717) is 18.5 Å². The third-order valence-corrected chi connectivity index (χ3v) is 4.03. The van der Waals surface area contributed by atoms with Crippen molar-refractivity contribution in [2.75, 3.05) is 13.1 Å². The molecule has 5 heteroatoms. The van der Waals surface area contributed by atoms with Crippen molar-refractivity contribution >= 4 is 29.7 Å². The van der Waals surface area contributed by atoms with E-state index in [1.54, 1.807) is 11.3 Å². The lowest BCUT2D eigenvalue weighted by Crippen LogP contribution is -2.56. The summed E-state index contributed by atoms with van der Waals surface area (Å²) in [5.41, 5.74) is 0. The molecule has 1 aliphatic heterocycles. The van der Waals surface area contributed by atoms with E-state index in [1.807, 2.05) is 4.90 Å². The second-order valence-electron chi connectivity index (χ2n) is 4.96. The first-order valence-corrected chi connectivity index (χ1v) is 6.95. The molecule has 0 spiro atoms. The van der Waals surface area contributed by atoms with Gasteiger partial charge in [-0.2, -0.15) is 0 Å². The predicted octanol–water partition coefficient (Wildman–Crippen LogP) is 2.23. The molecule has 0 aromatic carbocycles. The summed E-state index contributed by atoms with van der Waals surface area (Å²) in [5.74, 6) is 0.257. The molecular weight excluding hydrogens is 268 g/mol. The fraction of sp³-hybridized carbons (Fsp3) is 0.615. The van der Waals surface area contributed by atoms with E-state index in [9.17, 15) is 4.79 Å². The van der Waals surface area contributed by atoms with Crippen LogP contribution in [-0.2, 0) is 11.2 Å². The summed E-state index contributed by atoms with van der Waals surface area (Å²) in [6, 6.07) is 4.93. The molecule has 2 atom stereocenters. The fourth-order valence-electron chi connectivity index (χ4n) is 2.37. The number of thiophene rings is 1. The zero-order valence-electron chi connectivity index (χ0n) is 11.1. The lowest BCUT2D eigenvalue weighted by atomic mass is 10.1. The molecule has 1 N–H and O–H groups in total. The maximum Gasteiger partial charge on any atom is 0.227 e. The van der Waals surface area contributed by atoms with Crippen molar-refractivity contribution in [1.29, 1.82) is 0 Å².